The molecule has 1 aromatic heterocycles. The summed E-state index contributed by atoms with van der Waals surface area (Å²) in [5.74, 6) is -0.184. The van der Waals surface area contributed by atoms with E-state index in [1.165, 1.54) is 12.0 Å². The van der Waals surface area contributed by atoms with Crippen LogP contribution in [0.4, 0.5) is 5.95 Å². The lowest BCUT2D eigenvalue weighted by Gasteiger charge is -2.24. The van der Waals surface area contributed by atoms with Crippen molar-refractivity contribution in [3.63, 3.8) is 0 Å². The number of amides is 1. The van der Waals surface area contributed by atoms with Gasteiger partial charge >= 0.3 is 5.91 Å². The topological polar surface area (TPSA) is 114 Å². The largest absolute Gasteiger partial charge is 0.507 e. The number of carbonyl (C=O) groups is 2. The summed E-state index contributed by atoms with van der Waals surface area (Å²) < 4.78 is 17.3. The zero-order chi connectivity index (χ0) is 30.8. The zero-order valence-corrected chi connectivity index (χ0v) is 24.5. The molecule has 2 heterocycles. The van der Waals surface area contributed by atoms with Crippen LogP contribution in [0.2, 0.25) is 0 Å². The molecule has 1 aliphatic heterocycles. The molecule has 1 fully saturated rings. The number of aliphatic hydroxyl groups excluding tert-OH is 1. The van der Waals surface area contributed by atoms with Crippen LogP contribution in [0.3, 0.4) is 0 Å². The van der Waals surface area contributed by atoms with Crippen LogP contribution in [0.1, 0.15) is 35.2 Å². The van der Waals surface area contributed by atoms with Gasteiger partial charge in [0.25, 0.3) is 5.78 Å². The number of methoxy groups -OCH3 is 1. The molecular formula is C35H31N3O6. The van der Waals surface area contributed by atoms with E-state index in [0.29, 0.717) is 52.6 Å². The average molecular weight is 590 g/mol. The summed E-state index contributed by atoms with van der Waals surface area (Å²) >= 11 is 0. The molecule has 222 valence electrons. The van der Waals surface area contributed by atoms with Gasteiger partial charge in [-0.05, 0) is 73.0 Å². The fraction of sp³-hybridized carbons (Fsp3) is 0.171. The van der Waals surface area contributed by atoms with Crippen molar-refractivity contribution in [3.05, 3.63) is 119 Å². The Kier molecular flexibility index (Phi) is 7.76. The SMILES string of the molecule is CCOc1cc(C2/C(=C(\O)c3ccc(OCc4ccccc4)c(C)c3)C(=O)C(=O)N2c2nc3ccccc3[nH]2)ccc1OC. The van der Waals surface area contributed by atoms with Crippen LogP contribution < -0.4 is 19.1 Å². The van der Waals surface area contributed by atoms with E-state index in [2.05, 4.69) is 9.97 Å². The molecule has 4 aromatic carbocycles. The number of aromatic amines is 1. The standard InChI is InChI=1S/C35H31N3O6/c1-4-43-29-19-23(14-17-28(29)42-3)31-30(33(40)34(41)38(31)35-36-25-12-8-9-13-26(25)37-35)32(39)24-15-16-27(21(2)18-24)44-20-22-10-6-5-7-11-22/h5-19,31,39H,4,20H2,1-3H3,(H,36,37)/b32-30+. The highest BCUT2D eigenvalue weighted by atomic mass is 16.5. The number of hydrogen-bond acceptors (Lipinski definition) is 7. The minimum Gasteiger partial charge on any atom is -0.507 e. The maximum absolute atomic E-state index is 13.7. The minimum absolute atomic E-state index is 0.0691. The van der Waals surface area contributed by atoms with Crippen LogP contribution in [0.5, 0.6) is 17.2 Å². The Morgan fingerprint density at radius 3 is 2.39 bits per heavy atom. The highest BCUT2D eigenvalue weighted by Gasteiger charge is 2.48. The first-order valence-corrected chi connectivity index (χ1v) is 14.2. The molecule has 0 aliphatic carbocycles. The predicted molar refractivity (Wildman–Crippen MR) is 167 cm³/mol. The highest BCUT2D eigenvalue weighted by Crippen LogP contribution is 2.44. The molecule has 1 amide bonds. The van der Waals surface area contributed by atoms with Crippen molar-refractivity contribution in [2.45, 2.75) is 26.5 Å². The van der Waals surface area contributed by atoms with Crippen LogP contribution >= 0.6 is 0 Å². The van der Waals surface area contributed by atoms with Crippen molar-refractivity contribution in [2.75, 3.05) is 18.6 Å². The van der Waals surface area contributed by atoms with E-state index in [1.54, 1.807) is 36.4 Å². The van der Waals surface area contributed by atoms with Gasteiger partial charge < -0.3 is 24.3 Å². The molecule has 9 heteroatoms. The Morgan fingerprint density at radius 2 is 1.66 bits per heavy atom. The van der Waals surface area contributed by atoms with Crippen LogP contribution in [0.15, 0.2) is 96.6 Å². The number of imidazole rings is 1. The van der Waals surface area contributed by atoms with Gasteiger partial charge in [-0.15, -0.1) is 0 Å². The number of fused-ring (bicyclic) bond motifs is 1. The monoisotopic (exact) mass is 589 g/mol. The first-order chi connectivity index (χ1) is 21.4. The summed E-state index contributed by atoms with van der Waals surface area (Å²) in [6, 6.07) is 26.5. The first-order valence-electron chi connectivity index (χ1n) is 14.2. The lowest BCUT2D eigenvalue weighted by Crippen LogP contribution is -2.30. The van der Waals surface area contributed by atoms with Gasteiger partial charge in [-0.3, -0.25) is 14.5 Å². The predicted octanol–water partition coefficient (Wildman–Crippen LogP) is 6.48. The quantitative estimate of drug-likeness (QED) is 0.115. The van der Waals surface area contributed by atoms with Crippen LogP contribution in [-0.4, -0.2) is 40.5 Å². The van der Waals surface area contributed by atoms with Crippen LogP contribution in [0, 0.1) is 6.92 Å². The number of benzene rings is 4. The molecule has 1 saturated heterocycles. The third-order valence-corrected chi connectivity index (χ3v) is 7.54. The van der Waals surface area contributed by atoms with Gasteiger partial charge in [0.2, 0.25) is 5.95 Å². The number of ketones is 1. The van der Waals surface area contributed by atoms with E-state index in [1.807, 2.05) is 68.4 Å². The molecule has 0 spiro atoms. The van der Waals surface area contributed by atoms with E-state index in [4.69, 9.17) is 14.2 Å². The summed E-state index contributed by atoms with van der Waals surface area (Å²) in [4.78, 5) is 36.5. The number of anilines is 1. The Labute approximate surface area is 254 Å². The van der Waals surface area contributed by atoms with Crippen LogP contribution in [-0.2, 0) is 16.2 Å². The number of carbonyl (C=O) groups excluding carboxylic acids is 2. The molecule has 44 heavy (non-hydrogen) atoms. The number of H-pyrrole nitrogens is 1. The number of nitrogens with zero attached hydrogens (tertiary/aromatic N) is 2. The second-order valence-electron chi connectivity index (χ2n) is 10.3. The molecule has 1 unspecified atom stereocenters. The van der Waals surface area contributed by atoms with Gasteiger partial charge in [0.05, 0.1) is 36.4 Å². The van der Waals surface area contributed by atoms with Crippen molar-refractivity contribution in [3.8, 4) is 17.2 Å². The van der Waals surface area contributed by atoms with Crippen molar-refractivity contribution < 1.29 is 28.9 Å². The summed E-state index contributed by atoms with van der Waals surface area (Å²) in [5.41, 5.74) is 3.96. The molecule has 0 radical (unpaired) electrons. The van der Waals surface area contributed by atoms with Crippen molar-refractivity contribution >= 4 is 34.4 Å². The molecule has 6 rings (SSSR count). The third kappa shape index (κ3) is 5.24. The molecule has 1 aliphatic rings. The van der Waals surface area contributed by atoms with Crippen molar-refractivity contribution in [1.82, 2.24) is 9.97 Å². The summed E-state index contributed by atoms with van der Waals surface area (Å²) in [6.45, 7) is 4.47. The van der Waals surface area contributed by atoms with Crippen molar-refractivity contribution in [2.24, 2.45) is 0 Å². The molecule has 1 atom stereocenters. The Bertz CT molecular complexity index is 1860. The number of ether oxygens (including phenoxy) is 3. The summed E-state index contributed by atoms with van der Waals surface area (Å²) in [7, 11) is 1.54. The van der Waals surface area contributed by atoms with E-state index >= 15 is 0 Å². The second kappa shape index (κ2) is 12.0. The zero-order valence-electron chi connectivity index (χ0n) is 24.5. The fourth-order valence-electron chi connectivity index (χ4n) is 5.40. The van der Waals surface area contributed by atoms with Gasteiger partial charge in [-0.1, -0.05) is 48.5 Å². The summed E-state index contributed by atoms with van der Waals surface area (Å²) in [5, 5.41) is 11.7. The van der Waals surface area contributed by atoms with Gasteiger partial charge in [-0.25, -0.2) is 4.98 Å². The lowest BCUT2D eigenvalue weighted by atomic mass is 9.94. The molecule has 9 nitrogen and oxygen atoms in total. The number of aromatic nitrogens is 2. The number of aryl methyl sites for hydroxylation is 1. The number of aliphatic hydroxyl groups is 1. The van der Waals surface area contributed by atoms with Gasteiger partial charge in [0.1, 0.15) is 18.1 Å². The molecule has 5 aromatic rings. The van der Waals surface area contributed by atoms with Crippen LogP contribution in [0.25, 0.3) is 16.8 Å². The lowest BCUT2D eigenvalue weighted by molar-refractivity contribution is -0.132. The van der Waals surface area contributed by atoms with Gasteiger partial charge in [0.15, 0.2) is 11.5 Å². The van der Waals surface area contributed by atoms with E-state index < -0.39 is 17.7 Å². The summed E-state index contributed by atoms with van der Waals surface area (Å²) in [6.07, 6.45) is 0. The smallest absolute Gasteiger partial charge is 0.302 e. The molecule has 0 bridgehead atoms. The number of rotatable bonds is 9. The highest BCUT2D eigenvalue weighted by molar-refractivity contribution is 6.51. The molecule has 2 N–H and O–H groups in total. The van der Waals surface area contributed by atoms with Crippen molar-refractivity contribution in [1.29, 1.82) is 0 Å². The Balaban J connectivity index is 1.45. The minimum atomic E-state index is -1.00. The third-order valence-electron chi connectivity index (χ3n) is 7.54. The second-order valence-corrected chi connectivity index (χ2v) is 10.3. The van der Waals surface area contributed by atoms with Gasteiger partial charge in [-0.2, -0.15) is 0 Å². The van der Waals surface area contributed by atoms with E-state index in [9.17, 15) is 14.7 Å². The number of nitrogens with one attached hydrogen (secondary N) is 1. The van der Waals surface area contributed by atoms with E-state index in [-0.39, 0.29) is 17.3 Å². The Morgan fingerprint density at radius 1 is 0.909 bits per heavy atom. The molecular weight excluding hydrogens is 558 g/mol. The normalized spacial score (nSPS) is 16.0. The maximum Gasteiger partial charge on any atom is 0.302 e. The number of hydrogen-bond donors (Lipinski definition) is 2. The maximum atomic E-state index is 13.7. The fourth-order valence-corrected chi connectivity index (χ4v) is 5.40. The van der Waals surface area contributed by atoms with E-state index in [0.717, 1.165) is 11.1 Å². The number of Topliss-reactive ketones (excluding diaryl/α,β-unsaturated/α-hetero) is 1. The van der Waals surface area contributed by atoms with Gasteiger partial charge in [0, 0.05) is 5.56 Å². The average Bonchev–Trinajstić information content (AvgIpc) is 3.58. The Hall–Kier alpha value is -5.57. The number of para-hydroxylation sites is 2. The first kappa shape index (κ1) is 28.5. The molecule has 0 saturated carbocycles.